The van der Waals surface area contributed by atoms with E-state index in [9.17, 15) is 0 Å². The molecule has 0 radical (unpaired) electrons. The zero-order chi connectivity index (χ0) is 34.2. The van der Waals surface area contributed by atoms with Crippen LogP contribution in [0.5, 0.6) is 0 Å². The van der Waals surface area contributed by atoms with E-state index in [1.165, 1.54) is 41.7 Å². The van der Waals surface area contributed by atoms with Gasteiger partial charge in [0.25, 0.3) is 0 Å². The summed E-state index contributed by atoms with van der Waals surface area (Å²) in [6.07, 6.45) is -0.364. The van der Waals surface area contributed by atoms with Crippen molar-refractivity contribution in [2.45, 2.75) is 6.17 Å². The monoisotopic (exact) mass is 683 g/mol. The summed E-state index contributed by atoms with van der Waals surface area (Å²) in [6, 6.07) is 58.0. The topological polar surface area (TPSA) is 49.9 Å². The van der Waals surface area contributed by atoms with E-state index in [1.807, 2.05) is 23.5 Å². The molecule has 0 spiro atoms. The van der Waals surface area contributed by atoms with Gasteiger partial charge in [-0.1, -0.05) is 115 Å². The van der Waals surface area contributed by atoms with Gasteiger partial charge in [0, 0.05) is 42.1 Å². The van der Waals surface area contributed by atoms with E-state index in [-0.39, 0.29) is 6.17 Å². The molecule has 2 aromatic heterocycles. The van der Waals surface area contributed by atoms with Gasteiger partial charge in [-0.15, -0.1) is 11.3 Å². The number of para-hydroxylation sites is 1. The number of aliphatic imine (C=N–C) groups is 2. The Labute approximate surface area is 303 Å². The minimum absolute atomic E-state index is 0.364. The largest absolute Gasteiger partial charge is 0.456 e. The molecule has 11 rings (SSSR count). The van der Waals surface area contributed by atoms with Gasteiger partial charge in [0.15, 0.2) is 5.84 Å². The maximum Gasteiger partial charge on any atom is 0.159 e. The van der Waals surface area contributed by atoms with Crippen molar-refractivity contribution in [2.75, 3.05) is 0 Å². The maximum atomic E-state index is 6.60. The van der Waals surface area contributed by atoms with Gasteiger partial charge in [0.1, 0.15) is 23.2 Å². The van der Waals surface area contributed by atoms with E-state index >= 15 is 0 Å². The molecule has 0 aliphatic carbocycles. The van der Waals surface area contributed by atoms with Crippen LogP contribution < -0.4 is 5.32 Å². The Hall–Kier alpha value is -6.56. The molecule has 1 N–H and O–H groups in total. The summed E-state index contributed by atoms with van der Waals surface area (Å²) in [5, 5.41) is 13.1. The van der Waals surface area contributed by atoms with Crippen molar-refractivity contribution in [1.29, 1.82) is 0 Å². The molecule has 244 valence electrons. The standard InChI is InChI=1S/C47H29N3OS/c1-2-12-30-24-31(21-20-28(30)10-1)45-48-46(32-22-23-43-38(25-32)36-15-6-8-19-42(36)52-43)50-47(49-45)39-26-33(35-17-9-13-29-11-3-4-14-34(29)35)27-41-44(39)37-16-5-7-18-40(37)51-41/h1-27,45H,(H,48,49,50). The summed E-state index contributed by atoms with van der Waals surface area (Å²) in [7, 11) is 0. The van der Waals surface area contributed by atoms with E-state index in [2.05, 4.69) is 157 Å². The highest BCUT2D eigenvalue weighted by Crippen LogP contribution is 2.39. The zero-order valence-electron chi connectivity index (χ0n) is 27.9. The average molecular weight is 684 g/mol. The molecule has 1 aliphatic heterocycles. The molecule has 3 heterocycles. The molecule has 8 aromatic carbocycles. The first-order valence-corrected chi connectivity index (χ1v) is 18.3. The lowest BCUT2D eigenvalue weighted by Gasteiger charge is -2.24. The van der Waals surface area contributed by atoms with Crippen LogP contribution in [0.4, 0.5) is 0 Å². The Bertz CT molecular complexity index is 3120. The van der Waals surface area contributed by atoms with Gasteiger partial charge in [-0.3, -0.25) is 0 Å². The van der Waals surface area contributed by atoms with Crippen LogP contribution >= 0.6 is 11.3 Å². The van der Waals surface area contributed by atoms with Crippen LogP contribution in [0, 0.1) is 0 Å². The quantitative estimate of drug-likeness (QED) is 0.201. The highest BCUT2D eigenvalue weighted by Gasteiger charge is 2.25. The normalized spacial score (nSPS) is 14.7. The van der Waals surface area contributed by atoms with E-state index in [0.717, 1.165) is 55.6 Å². The molecule has 4 nitrogen and oxygen atoms in total. The molecule has 10 aromatic rings. The smallest absolute Gasteiger partial charge is 0.159 e. The minimum Gasteiger partial charge on any atom is -0.456 e. The second-order valence-electron chi connectivity index (χ2n) is 13.4. The number of benzene rings is 8. The predicted octanol–water partition coefficient (Wildman–Crippen LogP) is 12.4. The van der Waals surface area contributed by atoms with Gasteiger partial charge < -0.3 is 9.73 Å². The number of amidine groups is 2. The van der Waals surface area contributed by atoms with Crippen molar-refractivity contribution < 1.29 is 4.42 Å². The number of furan rings is 1. The van der Waals surface area contributed by atoms with Crippen molar-refractivity contribution in [2.24, 2.45) is 9.98 Å². The maximum absolute atomic E-state index is 6.60. The third kappa shape index (κ3) is 4.67. The Morgan fingerprint density at radius 3 is 2.17 bits per heavy atom. The van der Waals surface area contributed by atoms with Crippen molar-refractivity contribution in [1.82, 2.24) is 5.32 Å². The zero-order valence-corrected chi connectivity index (χ0v) is 28.7. The lowest BCUT2D eigenvalue weighted by molar-refractivity contribution is 0.668. The first kappa shape index (κ1) is 29.2. The van der Waals surface area contributed by atoms with E-state index in [0.29, 0.717) is 5.84 Å². The number of fused-ring (bicyclic) bond motifs is 8. The molecule has 0 saturated heterocycles. The van der Waals surface area contributed by atoms with Gasteiger partial charge in [-0.2, -0.15) is 0 Å². The van der Waals surface area contributed by atoms with E-state index < -0.39 is 0 Å². The Kier molecular flexibility index (Phi) is 6.45. The van der Waals surface area contributed by atoms with Crippen molar-refractivity contribution in [3.05, 3.63) is 180 Å². The van der Waals surface area contributed by atoms with Crippen LogP contribution in [0.25, 0.3) is 74.8 Å². The van der Waals surface area contributed by atoms with Crippen LogP contribution in [-0.2, 0) is 0 Å². The van der Waals surface area contributed by atoms with Gasteiger partial charge in [-0.05, 0) is 86.8 Å². The fraction of sp³-hybridized carbons (Fsp3) is 0.0213. The lowest BCUT2D eigenvalue weighted by Crippen LogP contribution is -2.33. The molecule has 0 fully saturated rings. The summed E-state index contributed by atoms with van der Waals surface area (Å²) in [5.41, 5.74) is 6.92. The lowest BCUT2D eigenvalue weighted by atomic mass is 9.94. The van der Waals surface area contributed by atoms with Crippen molar-refractivity contribution >= 4 is 86.7 Å². The van der Waals surface area contributed by atoms with E-state index in [1.54, 1.807) is 0 Å². The molecular formula is C47H29N3OS. The fourth-order valence-corrected chi connectivity index (χ4v) is 8.89. The summed E-state index contributed by atoms with van der Waals surface area (Å²) < 4.78 is 9.13. The molecule has 0 bridgehead atoms. The van der Waals surface area contributed by atoms with Gasteiger partial charge in [0.2, 0.25) is 0 Å². The summed E-state index contributed by atoms with van der Waals surface area (Å²) in [5.74, 6) is 1.46. The Balaban J connectivity index is 1.16. The molecule has 1 aliphatic rings. The van der Waals surface area contributed by atoms with Crippen molar-refractivity contribution in [3.8, 4) is 11.1 Å². The number of nitrogens with zero attached hydrogens (tertiary/aromatic N) is 2. The summed E-state index contributed by atoms with van der Waals surface area (Å²) >= 11 is 1.82. The molecule has 1 unspecified atom stereocenters. The highest BCUT2D eigenvalue weighted by molar-refractivity contribution is 7.25. The number of hydrogen-bond donors (Lipinski definition) is 1. The van der Waals surface area contributed by atoms with Crippen LogP contribution in [-0.4, -0.2) is 11.7 Å². The van der Waals surface area contributed by atoms with Crippen molar-refractivity contribution in [3.63, 3.8) is 0 Å². The van der Waals surface area contributed by atoms with Gasteiger partial charge in [-0.25, -0.2) is 9.98 Å². The van der Waals surface area contributed by atoms with Crippen LogP contribution in [0.1, 0.15) is 22.9 Å². The third-order valence-corrected chi connectivity index (χ3v) is 11.5. The minimum atomic E-state index is -0.364. The Morgan fingerprint density at radius 1 is 0.500 bits per heavy atom. The molecule has 52 heavy (non-hydrogen) atoms. The molecule has 0 saturated carbocycles. The second kappa shape index (κ2) is 11.5. The summed E-state index contributed by atoms with van der Waals surface area (Å²) in [4.78, 5) is 10.7. The average Bonchev–Trinajstić information content (AvgIpc) is 3.78. The first-order chi connectivity index (χ1) is 25.7. The van der Waals surface area contributed by atoms with Gasteiger partial charge >= 0.3 is 0 Å². The number of hydrogen-bond acceptors (Lipinski definition) is 5. The first-order valence-electron chi connectivity index (χ1n) is 17.5. The molecule has 1 atom stereocenters. The predicted molar refractivity (Wildman–Crippen MR) is 219 cm³/mol. The molecular weight excluding hydrogens is 655 g/mol. The number of rotatable bonds is 4. The van der Waals surface area contributed by atoms with Gasteiger partial charge in [0.05, 0.1) is 0 Å². The molecule has 0 amide bonds. The van der Waals surface area contributed by atoms with Crippen LogP contribution in [0.2, 0.25) is 0 Å². The van der Waals surface area contributed by atoms with Crippen LogP contribution in [0.3, 0.4) is 0 Å². The summed E-state index contributed by atoms with van der Waals surface area (Å²) in [6.45, 7) is 0. The van der Waals surface area contributed by atoms with Crippen LogP contribution in [0.15, 0.2) is 178 Å². The SMILES string of the molecule is c1ccc2cc(C3N=C(c4ccc5sc6ccccc6c5c4)N=C(c4cc(-c5cccc6ccccc56)cc5oc6ccccc6c45)N3)ccc2c1. The fourth-order valence-electron chi connectivity index (χ4n) is 7.80. The Morgan fingerprint density at radius 2 is 1.25 bits per heavy atom. The third-order valence-electron chi connectivity index (χ3n) is 10.3. The number of thiophene rings is 1. The number of nitrogens with one attached hydrogen (secondary N) is 1. The second-order valence-corrected chi connectivity index (χ2v) is 14.5. The van der Waals surface area contributed by atoms with E-state index in [4.69, 9.17) is 14.4 Å². The molecule has 5 heteroatoms. The highest BCUT2D eigenvalue weighted by atomic mass is 32.1.